The third-order valence-corrected chi connectivity index (χ3v) is 3.24. The van der Waals surface area contributed by atoms with Crippen molar-refractivity contribution in [2.24, 2.45) is 0 Å². The van der Waals surface area contributed by atoms with Crippen LogP contribution in [0.2, 0.25) is 0 Å². The summed E-state index contributed by atoms with van der Waals surface area (Å²) in [7, 11) is 3.62. The van der Waals surface area contributed by atoms with E-state index in [0.717, 1.165) is 16.9 Å². The molecule has 0 aliphatic heterocycles. The molecule has 0 saturated carbocycles. The number of benzene rings is 2. The quantitative estimate of drug-likeness (QED) is 0.845. The third kappa shape index (κ3) is 3.80. The van der Waals surface area contributed by atoms with Gasteiger partial charge in [-0.15, -0.1) is 0 Å². The van der Waals surface area contributed by atoms with E-state index in [0.29, 0.717) is 13.1 Å². The van der Waals surface area contributed by atoms with Crippen molar-refractivity contribution in [3.63, 3.8) is 0 Å². The van der Waals surface area contributed by atoms with Crippen LogP contribution in [0.3, 0.4) is 0 Å². The van der Waals surface area contributed by atoms with Gasteiger partial charge in [0.1, 0.15) is 17.6 Å². The molecule has 0 amide bonds. The number of rotatable bonds is 5. The second-order valence-electron chi connectivity index (χ2n) is 4.91. The lowest BCUT2D eigenvalue weighted by Gasteiger charge is -2.18. The number of ether oxygens (including phenoxy) is 1. The molecule has 0 radical (unpaired) electrons. The van der Waals surface area contributed by atoms with E-state index in [9.17, 15) is 4.39 Å². The van der Waals surface area contributed by atoms with Crippen LogP contribution in [0.4, 0.5) is 4.39 Å². The number of methoxy groups -OCH3 is 1. The summed E-state index contributed by atoms with van der Waals surface area (Å²) in [5.41, 5.74) is 2.08. The lowest BCUT2D eigenvalue weighted by Crippen LogP contribution is -2.17. The SMILES string of the molecule is COc1ccccc1CN(C)Cc1ccc(F)c(C#N)c1. The van der Waals surface area contributed by atoms with Gasteiger partial charge in [0.15, 0.2) is 0 Å². The van der Waals surface area contributed by atoms with Gasteiger partial charge in [-0.1, -0.05) is 24.3 Å². The molecule has 4 heteroatoms. The molecule has 108 valence electrons. The Balaban J connectivity index is 2.08. The third-order valence-electron chi connectivity index (χ3n) is 3.24. The summed E-state index contributed by atoms with van der Waals surface area (Å²) in [4.78, 5) is 2.09. The van der Waals surface area contributed by atoms with Crippen LogP contribution in [0.25, 0.3) is 0 Å². The van der Waals surface area contributed by atoms with E-state index in [1.54, 1.807) is 19.2 Å². The van der Waals surface area contributed by atoms with E-state index in [-0.39, 0.29) is 5.56 Å². The maximum Gasteiger partial charge on any atom is 0.140 e. The summed E-state index contributed by atoms with van der Waals surface area (Å²) in [6.45, 7) is 1.34. The molecule has 0 unspecified atom stereocenters. The Morgan fingerprint density at radius 2 is 1.95 bits per heavy atom. The van der Waals surface area contributed by atoms with Crippen LogP contribution in [-0.2, 0) is 13.1 Å². The maximum atomic E-state index is 13.3. The lowest BCUT2D eigenvalue weighted by molar-refractivity contribution is 0.310. The Kier molecular flexibility index (Phi) is 4.91. The second-order valence-corrected chi connectivity index (χ2v) is 4.91. The van der Waals surface area contributed by atoms with Gasteiger partial charge in [0.2, 0.25) is 0 Å². The van der Waals surface area contributed by atoms with Gasteiger partial charge in [0, 0.05) is 18.7 Å². The van der Waals surface area contributed by atoms with E-state index < -0.39 is 5.82 Å². The smallest absolute Gasteiger partial charge is 0.140 e. The molecule has 0 N–H and O–H groups in total. The zero-order chi connectivity index (χ0) is 15.2. The van der Waals surface area contributed by atoms with Crippen molar-refractivity contribution in [2.75, 3.05) is 14.2 Å². The minimum Gasteiger partial charge on any atom is -0.496 e. The molecule has 0 saturated heterocycles. The van der Waals surface area contributed by atoms with Crippen molar-refractivity contribution in [1.82, 2.24) is 4.90 Å². The molecule has 0 heterocycles. The van der Waals surface area contributed by atoms with Gasteiger partial charge in [-0.2, -0.15) is 5.26 Å². The van der Waals surface area contributed by atoms with Gasteiger partial charge >= 0.3 is 0 Å². The predicted molar refractivity (Wildman–Crippen MR) is 79.3 cm³/mol. The molecule has 3 nitrogen and oxygen atoms in total. The molecule has 2 aromatic rings. The number of para-hydroxylation sites is 1. The largest absolute Gasteiger partial charge is 0.496 e. The Morgan fingerprint density at radius 1 is 1.19 bits per heavy atom. The minimum atomic E-state index is -0.478. The molecular weight excluding hydrogens is 267 g/mol. The van der Waals surface area contributed by atoms with Crippen molar-refractivity contribution >= 4 is 0 Å². The summed E-state index contributed by atoms with van der Waals surface area (Å²) in [6, 6.07) is 14.3. The molecule has 0 bridgehead atoms. The minimum absolute atomic E-state index is 0.0817. The van der Waals surface area contributed by atoms with Gasteiger partial charge in [0.05, 0.1) is 12.7 Å². The highest BCUT2D eigenvalue weighted by atomic mass is 19.1. The number of nitriles is 1. The van der Waals surface area contributed by atoms with Gasteiger partial charge in [-0.3, -0.25) is 4.90 Å². The van der Waals surface area contributed by atoms with Crippen molar-refractivity contribution in [1.29, 1.82) is 5.26 Å². The van der Waals surface area contributed by atoms with E-state index in [2.05, 4.69) is 4.90 Å². The first-order valence-electron chi connectivity index (χ1n) is 6.63. The first-order valence-corrected chi connectivity index (χ1v) is 6.63. The summed E-state index contributed by atoms with van der Waals surface area (Å²) in [5.74, 6) is 0.370. The second kappa shape index (κ2) is 6.87. The molecule has 2 rings (SSSR count). The monoisotopic (exact) mass is 284 g/mol. The molecule has 0 aromatic heterocycles. The number of hydrogen-bond donors (Lipinski definition) is 0. The van der Waals surface area contributed by atoms with Crippen LogP contribution < -0.4 is 4.74 Å². The summed E-state index contributed by atoms with van der Waals surface area (Å²) >= 11 is 0. The highest BCUT2D eigenvalue weighted by Crippen LogP contribution is 2.20. The Labute approximate surface area is 124 Å². The van der Waals surface area contributed by atoms with Crippen LogP contribution >= 0.6 is 0 Å². The highest BCUT2D eigenvalue weighted by molar-refractivity contribution is 5.35. The van der Waals surface area contributed by atoms with E-state index >= 15 is 0 Å². The van der Waals surface area contributed by atoms with Crippen molar-refractivity contribution in [3.8, 4) is 11.8 Å². The van der Waals surface area contributed by atoms with Crippen molar-refractivity contribution in [2.45, 2.75) is 13.1 Å². The van der Waals surface area contributed by atoms with Gasteiger partial charge in [-0.05, 0) is 30.8 Å². The zero-order valence-corrected chi connectivity index (χ0v) is 12.1. The fraction of sp³-hybridized carbons (Fsp3) is 0.235. The number of nitrogens with zero attached hydrogens (tertiary/aromatic N) is 2. The average Bonchev–Trinajstić information content (AvgIpc) is 2.49. The summed E-state index contributed by atoms with van der Waals surface area (Å²) in [5, 5.41) is 8.86. The van der Waals surface area contributed by atoms with Crippen molar-refractivity contribution < 1.29 is 9.13 Å². The summed E-state index contributed by atoms with van der Waals surface area (Å²) in [6.07, 6.45) is 0. The number of hydrogen-bond acceptors (Lipinski definition) is 3. The van der Waals surface area contributed by atoms with E-state index in [1.807, 2.05) is 37.4 Å². The Bertz CT molecular complexity index is 664. The van der Waals surface area contributed by atoms with Crippen LogP contribution in [0.15, 0.2) is 42.5 Å². The molecule has 0 aliphatic rings. The average molecular weight is 284 g/mol. The van der Waals surface area contributed by atoms with E-state index in [4.69, 9.17) is 10.00 Å². The highest BCUT2D eigenvalue weighted by Gasteiger charge is 2.08. The fourth-order valence-corrected chi connectivity index (χ4v) is 2.25. The molecule has 0 atom stereocenters. The standard InChI is InChI=1S/C17H17FN2O/c1-20(12-14-5-3-4-6-17(14)21-2)11-13-7-8-16(18)15(9-13)10-19/h3-9H,11-12H2,1-2H3. The molecule has 0 aliphatic carbocycles. The topological polar surface area (TPSA) is 36.3 Å². The van der Waals surface area contributed by atoms with Crippen LogP contribution in [0.5, 0.6) is 5.75 Å². The predicted octanol–water partition coefficient (Wildman–Crippen LogP) is 3.34. The summed E-state index contributed by atoms with van der Waals surface area (Å²) < 4.78 is 18.6. The molecule has 0 fully saturated rings. The first-order chi connectivity index (χ1) is 10.1. The first kappa shape index (κ1) is 15.0. The normalized spacial score (nSPS) is 10.4. The zero-order valence-electron chi connectivity index (χ0n) is 12.1. The van der Waals surface area contributed by atoms with Crippen LogP contribution in [0, 0.1) is 17.1 Å². The van der Waals surface area contributed by atoms with Gasteiger partial charge in [0.25, 0.3) is 0 Å². The molecule has 2 aromatic carbocycles. The number of halogens is 1. The van der Waals surface area contributed by atoms with Crippen LogP contribution in [-0.4, -0.2) is 19.1 Å². The molecule has 21 heavy (non-hydrogen) atoms. The van der Waals surface area contributed by atoms with Crippen LogP contribution in [0.1, 0.15) is 16.7 Å². The Hall–Kier alpha value is -2.38. The van der Waals surface area contributed by atoms with Gasteiger partial charge in [-0.25, -0.2) is 4.39 Å². The lowest BCUT2D eigenvalue weighted by atomic mass is 10.1. The van der Waals surface area contributed by atoms with Crippen molar-refractivity contribution in [3.05, 3.63) is 65.0 Å². The molecule has 0 spiro atoms. The van der Waals surface area contributed by atoms with E-state index in [1.165, 1.54) is 6.07 Å². The van der Waals surface area contributed by atoms with Gasteiger partial charge < -0.3 is 4.74 Å². The Morgan fingerprint density at radius 3 is 2.67 bits per heavy atom. The maximum absolute atomic E-state index is 13.3. The molecular formula is C17H17FN2O. The fourth-order valence-electron chi connectivity index (χ4n) is 2.25.